The number of hydrogen-bond acceptors (Lipinski definition) is 5. The molecular formula is C18H15BrN2O4S. The van der Waals surface area contributed by atoms with E-state index in [9.17, 15) is 9.59 Å². The topological polar surface area (TPSA) is 71.8 Å². The van der Waals surface area contributed by atoms with E-state index < -0.39 is 11.8 Å². The molecule has 1 aliphatic rings. The smallest absolute Gasteiger partial charge is 0.265 e. The number of amides is 2. The fraction of sp³-hybridized carbons (Fsp3) is 0.167. The Balaban J connectivity index is 1.86. The fourth-order valence-electron chi connectivity index (χ4n) is 2.42. The molecule has 1 saturated heterocycles. The van der Waals surface area contributed by atoms with E-state index in [1.165, 1.54) is 18.1 Å². The second-order valence-corrected chi connectivity index (χ2v) is 6.78. The highest BCUT2D eigenvalue weighted by atomic mass is 79.9. The summed E-state index contributed by atoms with van der Waals surface area (Å²) in [5.41, 5.74) is 0.853. The lowest BCUT2D eigenvalue weighted by molar-refractivity contribution is -0.129. The highest BCUT2D eigenvalue weighted by Gasteiger charge is 2.33. The number of hydrogen-bond donors (Lipinski definition) is 1. The minimum atomic E-state index is -0.546. The molecule has 0 bridgehead atoms. The second-order valence-electron chi connectivity index (χ2n) is 5.48. The van der Waals surface area contributed by atoms with Gasteiger partial charge in [-0.3, -0.25) is 19.8 Å². The van der Waals surface area contributed by atoms with Crippen LogP contribution >= 0.6 is 28.1 Å². The second kappa shape index (κ2) is 7.94. The van der Waals surface area contributed by atoms with E-state index in [1.807, 2.05) is 24.3 Å². The summed E-state index contributed by atoms with van der Waals surface area (Å²) in [6.07, 6.45) is 1.42. The Morgan fingerprint density at radius 1 is 1.23 bits per heavy atom. The van der Waals surface area contributed by atoms with Crippen LogP contribution in [0.25, 0.3) is 17.4 Å². The molecule has 134 valence electrons. The minimum absolute atomic E-state index is 0.0357. The Morgan fingerprint density at radius 3 is 2.65 bits per heavy atom. The summed E-state index contributed by atoms with van der Waals surface area (Å²) in [5, 5.41) is 2.58. The molecule has 2 aromatic rings. The zero-order valence-electron chi connectivity index (χ0n) is 13.8. The van der Waals surface area contributed by atoms with Crippen LogP contribution in [0.1, 0.15) is 5.76 Å². The molecule has 6 nitrogen and oxygen atoms in total. The molecule has 8 heteroatoms. The number of methoxy groups -OCH3 is 1. The van der Waals surface area contributed by atoms with Crippen molar-refractivity contribution < 1.29 is 18.7 Å². The molecule has 0 unspecified atom stereocenters. The zero-order valence-corrected chi connectivity index (χ0v) is 16.2. The normalized spacial score (nSPS) is 16.3. The lowest BCUT2D eigenvalue weighted by atomic mass is 10.1. The largest absolute Gasteiger partial charge is 0.457 e. The minimum Gasteiger partial charge on any atom is -0.457 e. The predicted molar refractivity (Wildman–Crippen MR) is 104 cm³/mol. The number of halogens is 1. The van der Waals surface area contributed by atoms with Gasteiger partial charge in [0.05, 0.1) is 13.2 Å². The van der Waals surface area contributed by atoms with Crippen molar-refractivity contribution in [1.82, 2.24) is 10.2 Å². The molecule has 0 saturated carbocycles. The Bertz CT molecular complexity index is 889. The number of carbonyl (C=O) groups is 2. The average molecular weight is 435 g/mol. The lowest BCUT2D eigenvalue weighted by Crippen LogP contribution is -2.54. The quantitative estimate of drug-likeness (QED) is 0.444. The molecule has 1 N–H and O–H groups in total. The van der Waals surface area contributed by atoms with Crippen molar-refractivity contribution in [2.45, 2.75) is 0 Å². The van der Waals surface area contributed by atoms with Crippen molar-refractivity contribution in [3.8, 4) is 11.3 Å². The molecule has 2 amide bonds. The third-order valence-electron chi connectivity index (χ3n) is 3.75. The number of thiocarbonyl (C=S) groups is 1. The van der Waals surface area contributed by atoms with Crippen LogP contribution < -0.4 is 5.32 Å². The summed E-state index contributed by atoms with van der Waals surface area (Å²) in [6.45, 7) is 0.567. The van der Waals surface area contributed by atoms with E-state index in [0.29, 0.717) is 18.1 Å². The van der Waals surface area contributed by atoms with Crippen molar-refractivity contribution in [2.24, 2.45) is 0 Å². The van der Waals surface area contributed by atoms with E-state index in [2.05, 4.69) is 21.2 Å². The van der Waals surface area contributed by atoms with Gasteiger partial charge in [-0.2, -0.15) is 0 Å². The van der Waals surface area contributed by atoms with Crippen LogP contribution in [0.4, 0.5) is 0 Å². The first-order valence-electron chi connectivity index (χ1n) is 7.73. The van der Waals surface area contributed by atoms with Gasteiger partial charge in [0.2, 0.25) is 0 Å². The van der Waals surface area contributed by atoms with Gasteiger partial charge >= 0.3 is 0 Å². The van der Waals surface area contributed by atoms with Gasteiger partial charge in [-0.05, 0) is 42.6 Å². The van der Waals surface area contributed by atoms with Crippen LogP contribution in [0.3, 0.4) is 0 Å². The van der Waals surface area contributed by atoms with Crippen LogP contribution in [0.5, 0.6) is 0 Å². The first-order valence-corrected chi connectivity index (χ1v) is 8.93. The van der Waals surface area contributed by atoms with E-state index in [4.69, 9.17) is 21.4 Å². The third kappa shape index (κ3) is 3.92. The molecule has 3 rings (SSSR count). The Kier molecular flexibility index (Phi) is 5.65. The Labute approximate surface area is 163 Å². The van der Waals surface area contributed by atoms with E-state index >= 15 is 0 Å². The summed E-state index contributed by atoms with van der Waals surface area (Å²) in [7, 11) is 1.53. The predicted octanol–water partition coefficient (Wildman–Crippen LogP) is 2.98. The van der Waals surface area contributed by atoms with Gasteiger partial charge in [-0.15, -0.1) is 0 Å². The standard InChI is InChI=1S/C18H15BrN2O4S/c1-24-9-8-21-17(23)14(16(22)20-18(21)26)10-13-6-7-15(25-13)11-2-4-12(19)5-3-11/h2-7,10H,8-9H2,1H3,(H,20,22,26). The van der Waals surface area contributed by atoms with Crippen LogP contribution in [0.15, 0.2) is 50.9 Å². The van der Waals surface area contributed by atoms with Crippen molar-refractivity contribution in [2.75, 3.05) is 20.3 Å². The SMILES string of the molecule is COCCN1C(=O)C(=Cc2ccc(-c3ccc(Br)cc3)o2)C(=O)NC1=S. The van der Waals surface area contributed by atoms with Gasteiger partial charge in [0.25, 0.3) is 11.8 Å². The Hall–Kier alpha value is -2.29. The van der Waals surface area contributed by atoms with E-state index in [1.54, 1.807) is 12.1 Å². The maximum Gasteiger partial charge on any atom is 0.265 e. The van der Waals surface area contributed by atoms with Gasteiger partial charge in [0.15, 0.2) is 5.11 Å². The van der Waals surface area contributed by atoms with Gasteiger partial charge < -0.3 is 9.15 Å². The Morgan fingerprint density at radius 2 is 1.96 bits per heavy atom. The fourth-order valence-corrected chi connectivity index (χ4v) is 2.95. The summed E-state index contributed by atoms with van der Waals surface area (Å²) in [4.78, 5) is 26.0. The molecule has 1 aliphatic heterocycles. The van der Waals surface area contributed by atoms with Crippen LogP contribution in [0, 0.1) is 0 Å². The van der Waals surface area contributed by atoms with E-state index in [0.717, 1.165) is 10.0 Å². The number of furan rings is 1. The van der Waals surface area contributed by atoms with Crippen LogP contribution in [0.2, 0.25) is 0 Å². The first-order chi connectivity index (χ1) is 12.5. The highest BCUT2D eigenvalue weighted by Crippen LogP contribution is 2.25. The van der Waals surface area contributed by atoms with Crippen molar-refractivity contribution >= 4 is 51.2 Å². The third-order valence-corrected chi connectivity index (χ3v) is 4.60. The summed E-state index contributed by atoms with van der Waals surface area (Å²) in [6, 6.07) is 11.1. The zero-order chi connectivity index (χ0) is 18.7. The number of rotatable bonds is 5. The maximum atomic E-state index is 12.6. The molecule has 1 aromatic carbocycles. The molecule has 2 heterocycles. The maximum absolute atomic E-state index is 12.6. The number of nitrogens with one attached hydrogen (secondary N) is 1. The molecule has 26 heavy (non-hydrogen) atoms. The molecular weight excluding hydrogens is 420 g/mol. The van der Waals surface area contributed by atoms with Crippen molar-refractivity contribution in [1.29, 1.82) is 0 Å². The first kappa shape index (κ1) is 18.5. The number of benzene rings is 1. The van der Waals surface area contributed by atoms with Crippen LogP contribution in [-0.2, 0) is 14.3 Å². The molecule has 1 fully saturated rings. The summed E-state index contributed by atoms with van der Waals surface area (Å²) >= 11 is 8.44. The van der Waals surface area contributed by atoms with Gasteiger partial charge in [0.1, 0.15) is 17.1 Å². The number of carbonyl (C=O) groups excluding carboxylic acids is 2. The van der Waals surface area contributed by atoms with Crippen LogP contribution in [-0.4, -0.2) is 42.1 Å². The van der Waals surface area contributed by atoms with E-state index in [-0.39, 0.29) is 17.2 Å². The molecule has 0 aliphatic carbocycles. The summed E-state index contributed by atoms with van der Waals surface area (Å²) < 4.78 is 11.7. The van der Waals surface area contributed by atoms with Gasteiger partial charge in [-0.25, -0.2) is 0 Å². The summed E-state index contributed by atoms with van der Waals surface area (Å²) in [5.74, 6) is 0.0216. The van der Waals surface area contributed by atoms with Crippen molar-refractivity contribution in [3.05, 3.63) is 52.2 Å². The molecule has 0 spiro atoms. The molecule has 1 aromatic heterocycles. The average Bonchev–Trinajstić information content (AvgIpc) is 3.08. The molecule has 0 radical (unpaired) electrons. The molecule has 0 atom stereocenters. The highest BCUT2D eigenvalue weighted by molar-refractivity contribution is 9.10. The van der Waals surface area contributed by atoms with Crippen molar-refractivity contribution in [3.63, 3.8) is 0 Å². The lowest BCUT2D eigenvalue weighted by Gasteiger charge is -2.28. The van der Waals surface area contributed by atoms with Gasteiger partial charge in [-0.1, -0.05) is 28.1 Å². The number of ether oxygens (including phenoxy) is 1. The van der Waals surface area contributed by atoms with Gasteiger partial charge in [0, 0.05) is 17.1 Å². The monoisotopic (exact) mass is 434 g/mol. The number of nitrogens with zero attached hydrogens (tertiary/aromatic N) is 1.